The highest BCUT2D eigenvalue weighted by atomic mass is 35.5. The van der Waals surface area contributed by atoms with Crippen LogP contribution in [0.2, 0.25) is 5.02 Å². The normalized spacial score (nSPS) is 10.9. The Morgan fingerprint density at radius 2 is 1.94 bits per heavy atom. The highest BCUT2D eigenvalue weighted by molar-refractivity contribution is 6.30. The molecule has 0 aliphatic carbocycles. The Bertz CT molecular complexity index is 774. The quantitative estimate of drug-likeness (QED) is 0.729. The third-order valence-electron chi connectivity index (χ3n) is 2.60. The van der Waals surface area contributed by atoms with Crippen LogP contribution in [0.25, 0.3) is 16.7 Å². The second-order valence-electron chi connectivity index (χ2n) is 3.74. The molecular weight excluding hydrogens is 254 g/mol. The standard InChI is InChI=1S/C12H8ClN3O2/c13-7-1-3-8(4-2-7)16-12(17)9-5-6-18-10(9)11(14)15-16/h1-6H,(H2,14,15). The van der Waals surface area contributed by atoms with Crippen LogP contribution in [0, 0.1) is 0 Å². The number of fused-ring (bicyclic) bond motifs is 1. The molecule has 0 aliphatic heterocycles. The average molecular weight is 262 g/mol. The molecule has 18 heavy (non-hydrogen) atoms. The van der Waals surface area contributed by atoms with Gasteiger partial charge in [-0.2, -0.15) is 4.68 Å². The number of halogens is 1. The van der Waals surface area contributed by atoms with Crippen LogP contribution in [0.5, 0.6) is 0 Å². The van der Waals surface area contributed by atoms with Crippen LogP contribution in [-0.2, 0) is 0 Å². The number of nitrogens with two attached hydrogens (primary N) is 1. The first kappa shape index (κ1) is 10.9. The van der Waals surface area contributed by atoms with Crippen molar-refractivity contribution in [2.75, 3.05) is 5.73 Å². The summed E-state index contributed by atoms with van der Waals surface area (Å²) < 4.78 is 6.34. The average Bonchev–Trinajstić information content (AvgIpc) is 2.85. The lowest BCUT2D eigenvalue weighted by Crippen LogP contribution is -2.22. The van der Waals surface area contributed by atoms with Gasteiger partial charge in [0.15, 0.2) is 11.4 Å². The van der Waals surface area contributed by atoms with Crippen molar-refractivity contribution in [3.8, 4) is 5.69 Å². The van der Waals surface area contributed by atoms with Crippen LogP contribution >= 0.6 is 11.6 Å². The lowest BCUT2D eigenvalue weighted by molar-refractivity contribution is 0.613. The Balaban J connectivity index is 2.32. The Morgan fingerprint density at radius 3 is 2.67 bits per heavy atom. The molecule has 2 N–H and O–H groups in total. The van der Waals surface area contributed by atoms with Crippen molar-refractivity contribution in [1.82, 2.24) is 9.78 Å². The smallest absolute Gasteiger partial charge is 0.282 e. The summed E-state index contributed by atoms with van der Waals surface area (Å²) in [4.78, 5) is 12.2. The van der Waals surface area contributed by atoms with Crippen LogP contribution < -0.4 is 11.3 Å². The predicted molar refractivity (Wildman–Crippen MR) is 69.0 cm³/mol. The van der Waals surface area contributed by atoms with Gasteiger partial charge in [0.25, 0.3) is 5.56 Å². The molecule has 0 bridgehead atoms. The molecule has 2 heterocycles. The number of rotatable bonds is 1. The Morgan fingerprint density at radius 1 is 1.22 bits per heavy atom. The summed E-state index contributed by atoms with van der Waals surface area (Å²) in [6.45, 7) is 0. The highest BCUT2D eigenvalue weighted by Gasteiger charge is 2.12. The summed E-state index contributed by atoms with van der Waals surface area (Å²) in [5.41, 5.74) is 6.37. The maximum atomic E-state index is 12.2. The molecule has 0 radical (unpaired) electrons. The molecule has 2 aromatic heterocycles. The van der Waals surface area contributed by atoms with Gasteiger partial charge < -0.3 is 10.2 Å². The summed E-state index contributed by atoms with van der Waals surface area (Å²) in [5.74, 6) is 0.171. The second kappa shape index (κ2) is 3.89. The molecule has 0 spiro atoms. The van der Waals surface area contributed by atoms with E-state index >= 15 is 0 Å². The van der Waals surface area contributed by atoms with Gasteiger partial charge in [-0.15, -0.1) is 5.10 Å². The number of nitrogen functional groups attached to an aromatic ring is 1. The maximum absolute atomic E-state index is 12.2. The van der Waals surface area contributed by atoms with E-state index in [0.29, 0.717) is 21.7 Å². The van der Waals surface area contributed by atoms with E-state index in [9.17, 15) is 4.79 Å². The maximum Gasteiger partial charge on any atom is 0.282 e. The SMILES string of the molecule is Nc1nn(-c2ccc(Cl)cc2)c(=O)c2ccoc12. The molecule has 90 valence electrons. The molecule has 3 rings (SSSR count). The Labute approximate surface area is 106 Å². The number of furan rings is 1. The molecule has 0 aliphatic rings. The van der Waals surface area contributed by atoms with Crippen molar-refractivity contribution in [2.24, 2.45) is 0 Å². The Kier molecular flexibility index (Phi) is 2.34. The van der Waals surface area contributed by atoms with Gasteiger partial charge in [0.2, 0.25) is 0 Å². The summed E-state index contributed by atoms with van der Waals surface area (Å²) in [7, 11) is 0. The zero-order valence-corrected chi connectivity index (χ0v) is 9.89. The highest BCUT2D eigenvalue weighted by Crippen LogP contribution is 2.18. The van der Waals surface area contributed by atoms with Gasteiger partial charge >= 0.3 is 0 Å². The Hall–Kier alpha value is -2.27. The fourth-order valence-electron chi connectivity index (χ4n) is 1.75. The number of aromatic nitrogens is 2. The van der Waals surface area contributed by atoms with Crippen molar-refractivity contribution < 1.29 is 4.42 Å². The summed E-state index contributed by atoms with van der Waals surface area (Å²) >= 11 is 5.80. The van der Waals surface area contributed by atoms with E-state index in [2.05, 4.69) is 5.10 Å². The molecule has 0 saturated carbocycles. The van der Waals surface area contributed by atoms with E-state index in [0.717, 1.165) is 0 Å². The number of hydrogen-bond donors (Lipinski definition) is 1. The van der Waals surface area contributed by atoms with Crippen LogP contribution in [0.15, 0.2) is 45.8 Å². The molecule has 0 unspecified atom stereocenters. The first-order valence-corrected chi connectivity index (χ1v) is 5.56. The third kappa shape index (κ3) is 1.56. The van der Waals surface area contributed by atoms with Gasteiger partial charge in [-0.3, -0.25) is 4.79 Å². The lowest BCUT2D eigenvalue weighted by atomic mass is 10.3. The largest absolute Gasteiger partial charge is 0.460 e. The molecule has 5 nitrogen and oxygen atoms in total. The van der Waals surface area contributed by atoms with E-state index in [1.165, 1.54) is 10.9 Å². The zero-order valence-electron chi connectivity index (χ0n) is 9.13. The van der Waals surface area contributed by atoms with Crippen molar-refractivity contribution in [3.05, 3.63) is 52.0 Å². The fourth-order valence-corrected chi connectivity index (χ4v) is 1.87. The molecule has 6 heteroatoms. The predicted octanol–water partition coefficient (Wildman–Crippen LogP) is 2.21. The van der Waals surface area contributed by atoms with Gasteiger partial charge in [0, 0.05) is 5.02 Å². The minimum absolute atomic E-state index is 0.171. The summed E-state index contributed by atoms with van der Waals surface area (Å²) in [6.07, 6.45) is 1.41. The van der Waals surface area contributed by atoms with Gasteiger partial charge in [-0.25, -0.2) is 0 Å². The van der Waals surface area contributed by atoms with Crippen LogP contribution in [0.3, 0.4) is 0 Å². The minimum atomic E-state index is -0.282. The topological polar surface area (TPSA) is 74.0 Å². The lowest BCUT2D eigenvalue weighted by Gasteiger charge is -2.05. The van der Waals surface area contributed by atoms with Crippen molar-refractivity contribution in [1.29, 1.82) is 0 Å². The third-order valence-corrected chi connectivity index (χ3v) is 2.85. The van der Waals surface area contributed by atoms with Crippen molar-refractivity contribution in [3.63, 3.8) is 0 Å². The van der Waals surface area contributed by atoms with Gasteiger partial charge in [0.05, 0.1) is 17.3 Å². The van der Waals surface area contributed by atoms with E-state index in [4.69, 9.17) is 21.8 Å². The van der Waals surface area contributed by atoms with Crippen molar-refractivity contribution in [2.45, 2.75) is 0 Å². The number of benzene rings is 1. The van der Waals surface area contributed by atoms with E-state index < -0.39 is 0 Å². The van der Waals surface area contributed by atoms with Crippen LogP contribution in [-0.4, -0.2) is 9.78 Å². The van der Waals surface area contributed by atoms with Crippen LogP contribution in [0.4, 0.5) is 5.82 Å². The van der Waals surface area contributed by atoms with Gasteiger partial charge in [0.1, 0.15) is 0 Å². The molecule has 3 aromatic rings. The monoisotopic (exact) mass is 261 g/mol. The van der Waals surface area contributed by atoms with Crippen LogP contribution in [0.1, 0.15) is 0 Å². The van der Waals surface area contributed by atoms with E-state index in [-0.39, 0.29) is 11.4 Å². The molecule has 0 atom stereocenters. The van der Waals surface area contributed by atoms with E-state index in [1.807, 2.05) is 0 Å². The molecule has 0 saturated heterocycles. The molecule has 1 aromatic carbocycles. The number of nitrogens with zero attached hydrogens (tertiary/aromatic N) is 2. The van der Waals surface area contributed by atoms with Gasteiger partial charge in [-0.05, 0) is 30.3 Å². The first-order valence-electron chi connectivity index (χ1n) is 5.19. The zero-order chi connectivity index (χ0) is 12.7. The second-order valence-corrected chi connectivity index (χ2v) is 4.18. The van der Waals surface area contributed by atoms with Gasteiger partial charge in [-0.1, -0.05) is 11.6 Å². The minimum Gasteiger partial charge on any atom is -0.460 e. The molecule has 0 amide bonds. The fraction of sp³-hybridized carbons (Fsp3) is 0. The first-order chi connectivity index (χ1) is 8.66. The molecule has 0 fully saturated rings. The number of hydrogen-bond acceptors (Lipinski definition) is 4. The van der Waals surface area contributed by atoms with Crippen molar-refractivity contribution >= 4 is 28.4 Å². The summed E-state index contributed by atoms with van der Waals surface area (Å²) in [5, 5.41) is 5.01. The van der Waals surface area contributed by atoms with E-state index in [1.54, 1.807) is 30.3 Å². The summed E-state index contributed by atoms with van der Waals surface area (Å²) in [6, 6.07) is 8.33. The molecular formula is C12H8ClN3O2. The number of anilines is 1.